The number of phosphoric acid groups is 1. The van der Waals surface area contributed by atoms with Crippen molar-refractivity contribution in [2.45, 2.75) is 123 Å². The van der Waals surface area contributed by atoms with Gasteiger partial charge in [0.15, 0.2) is 18.9 Å². The monoisotopic (exact) mass is 760 g/mol. The molecule has 0 saturated carbocycles. The first-order chi connectivity index (χ1) is 23.4. The minimum absolute atomic E-state index is 0.673. The number of hydrogen-bond donors (Lipinski definition) is 15. The first-order valence-electron chi connectivity index (χ1n) is 15.3. The van der Waals surface area contributed by atoms with Gasteiger partial charge in [-0.05, 0) is 0 Å². The van der Waals surface area contributed by atoms with E-state index in [1.54, 1.807) is 0 Å². The predicted octanol–water partition coefficient (Wildman–Crippen LogP) is -9.59. The van der Waals surface area contributed by atoms with E-state index >= 15 is 0 Å². The molecule has 20 atom stereocenters. The standard InChI is InChI=1S/C25H45O24P/c26-1-6(29)19-22(49-50(39,40)41)20(7(30)4-42-19)47-25-18(38)21(48-24-17(37)15(35)12(32)9(3-28)45-24)13(33)10(46-25)5-43-23-16(36)14(34)11(31)8(2-27)44-23/h6-38H,1-5H2,(H2,39,40,41)/t6-,7+,8+,9+,10+,11-,12+,13+,14-,15-,16+,17+,18+,19+,20+,21-,22+,23-,24+,25+/m0/s1. The first kappa shape index (κ1) is 42.1. The molecule has 50 heavy (non-hydrogen) atoms. The Kier molecular flexibility index (Phi) is 14.8. The zero-order chi connectivity index (χ0) is 37.2. The molecule has 15 N–H and O–H groups in total. The highest BCUT2D eigenvalue weighted by atomic mass is 31.2. The van der Waals surface area contributed by atoms with E-state index in [1.807, 2.05) is 0 Å². The zero-order valence-corrected chi connectivity index (χ0v) is 26.8. The summed E-state index contributed by atoms with van der Waals surface area (Å²) in [6.45, 7) is -4.21. The van der Waals surface area contributed by atoms with Gasteiger partial charge in [-0.25, -0.2) is 4.57 Å². The topological polar surface area (TPSA) is 394 Å². The quantitative estimate of drug-likeness (QED) is 0.0775. The number of phosphoric ester groups is 1. The molecule has 25 heteroatoms. The van der Waals surface area contributed by atoms with Crippen molar-refractivity contribution in [3.63, 3.8) is 0 Å². The Bertz CT molecular complexity index is 1100. The van der Waals surface area contributed by atoms with Gasteiger partial charge in [0.25, 0.3) is 0 Å². The summed E-state index contributed by atoms with van der Waals surface area (Å²) in [6.07, 6.45) is -37.4. The van der Waals surface area contributed by atoms with Crippen LogP contribution in [0, 0.1) is 0 Å². The second-order valence-electron chi connectivity index (χ2n) is 12.1. The summed E-state index contributed by atoms with van der Waals surface area (Å²) in [5, 5.41) is 133. The Labute approximate surface area is 282 Å². The number of hydrogen-bond acceptors (Lipinski definition) is 22. The van der Waals surface area contributed by atoms with Crippen LogP contribution in [0.25, 0.3) is 0 Å². The van der Waals surface area contributed by atoms with Crippen molar-refractivity contribution >= 4 is 7.82 Å². The fourth-order valence-corrected chi connectivity index (χ4v) is 6.44. The van der Waals surface area contributed by atoms with E-state index in [0.29, 0.717) is 0 Å². The smallest absolute Gasteiger partial charge is 0.394 e. The Morgan fingerprint density at radius 2 is 1.12 bits per heavy atom. The summed E-state index contributed by atoms with van der Waals surface area (Å²) in [5.74, 6) is 0. The maximum Gasteiger partial charge on any atom is 0.470 e. The van der Waals surface area contributed by atoms with Gasteiger partial charge in [0.2, 0.25) is 0 Å². The average Bonchev–Trinajstić information content (AvgIpc) is 3.07. The lowest BCUT2D eigenvalue weighted by Gasteiger charge is -2.48. The van der Waals surface area contributed by atoms with Crippen molar-refractivity contribution in [3.8, 4) is 0 Å². The molecule has 24 nitrogen and oxygen atoms in total. The molecule has 0 aliphatic carbocycles. The number of aliphatic hydroxyl groups is 13. The van der Waals surface area contributed by atoms with E-state index in [4.69, 9.17) is 37.7 Å². The largest absolute Gasteiger partial charge is 0.470 e. The van der Waals surface area contributed by atoms with Crippen molar-refractivity contribution in [1.29, 1.82) is 0 Å². The fraction of sp³-hybridized carbons (Fsp3) is 1.00. The summed E-state index contributed by atoms with van der Waals surface area (Å²) in [4.78, 5) is 19.1. The molecule has 0 radical (unpaired) electrons. The molecule has 4 aliphatic heterocycles. The van der Waals surface area contributed by atoms with Gasteiger partial charge >= 0.3 is 7.82 Å². The Balaban J connectivity index is 1.62. The van der Waals surface area contributed by atoms with Crippen molar-refractivity contribution < 1.29 is 118 Å². The molecule has 4 fully saturated rings. The minimum atomic E-state index is -5.44. The van der Waals surface area contributed by atoms with Gasteiger partial charge in [-0.1, -0.05) is 0 Å². The number of ether oxygens (including phenoxy) is 7. The molecule has 0 aromatic carbocycles. The van der Waals surface area contributed by atoms with Crippen LogP contribution in [-0.4, -0.2) is 232 Å². The van der Waals surface area contributed by atoms with Gasteiger partial charge in [-0.3, -0.25) is 4.52 Å². The van der Waals surface area contributed by atoms with Gasteiger partial charge in [0.1, 0.15) is 104 Å². The molecule has 0 aromatic rings. The highest BCUT2D eigenvalue weighted by Crippen LogP contribution is 2.42. The van der Waals surface area contributed by atoms with E-state index in [0.717, 1.165) is 0 Å². The molecule has 0 bridgehead atoms. The summed E-state index contributed by atoms with van der Waals surface area (Å²) < 4.78 is 54.7. The molecule has 0 spiro atoms. The molecule has 0 amide bonds. The third-order valence-corrected chi connectivity index (χ3v) is 9.18. The van der Waals surface area contributed by atoms with E-state index in [-0.39, 0.29) is 0 Å². The van der Waals surface area contributed by atoms with Crippen molar-refractivity contribution in [2.24, 2.45) is 0 Å². The van der Waals surface area contributed by atoms with Crippen molar-refractivity contribution in [3.05, 3.63) is 0 Å². The third-order valence-electron chi connectivity index (χ3n) is 8.66. The summed E-state index contributed by atoms with van der Waals surface area (Å²) in [6, 6.07) is 0. The van der Waals surface area contributed by atoms with E-state index in [9.17, 15) is 80.7 Å². The van der Waals surface area contributed by atoms with Crippen LogP contribution >= 0.6 is 7.82 Å². The van der Waals surface area contributed by atoms with E-state index in [2.05, 4.69) is 0 Å². The fourth-order valence-electron chi connectivity index (χ4n) is 5.88. The molecule has 0 aromatic heterocycles. The minimum Gasteiger partial charge on any atom is -0.394 e. The normalized spacial score (nSPS) is 48.3. The molecule has 4 aliphatic rings. The van der Waals surface area contributed by atoms with Gasteiger partial charge in [-0.15, -0.1) is 0 Å². The van der Waals surface area contributed by atoms with Crippen LogP contribution in [0.4, 0.5) is 0 Å². The van der Waals surface area contributed by atoms with Gasteiger partial charge in [0.05, 0.1) is 33.0 Å². The molecule has 0 unspecified atom stereocenters. The maximum absolute atomic E-state index is 11.8. The summed E-state index contributed by atoms with van der Waals surface area (Å²) in [5.41, 5.74) is 0. The molecule has 4 heterocycles. The van der Waals surface area contributed by atoms with Crippen LogP contribution in [0.3, 0.4) is 0 Å². The van der Waals surface area contributed by atoms with E-state index in [1.165, 1.54) is 0 Å². The lowest BCUT2D eigenvalue weighted by Crippen LogP contribution is -2.67. The number of aliphatic hydroxyl groups excluding tert-OH is 13. The highest BCUT2D eigenvalue weighted by molar-refractivity contribution is 7.46. The SMILES string of the molecule is O=P(O)(O)O[C@H]1[C@H](O[C@H]2O[C@H](CO[C@H]3O[C@H](CO)[C@H](O)[C@H](O)[C@H]3O)[C@@H](O)[C@H](O[C@H]3O[C@H](CO)[C@@H](O)[C@H](O)[C@H]3O)[C@H]2O)[C@H](O)CO[C@@H]1[C@@H](O)CO. The molecular weight excluding hydrogens is 715 g/mol. The second-order valence-corrected chi connectivity index (χ2v) is 13.3. The maximum atomic E-state index is 11.8. The van der Waals surface area contributed by atoms with Gasteiger partial charge in [0, 0.05) is 0 Å². The molecule has 4 saturated heterocycles. The molecular formula is C25H45O24P. The zero-order valence-electron chi connectivity index (χ0n) is 25.9. The summed E-state index contributed by atoms with van der Waals surface area (Å²) in [7, 11) is -5.44. The molecule has 294 valence electrons. The van der Waals surface area contributed by atoms with Crippen LogP contribution in [0.15, 0.2) is 0 Å². The van der Waals surface area contributed by atoms with Gasteiger partial charge in [-0.2, -0.15) is 0 Å². The Morgan fingerprint density at radius 3 is 1.66 bits per heavy atom. The first-order valence-corrected chi connectivity index (χ1v) is 16.8. The molecule has 4 rings (SSSR count). The number of rotatable bonds is 13. The predicted molar refractivity (Wildman–Crippen MR) is 150 cm³/mol. The van der Waals surface area contributed by atoms with Gasteiger partial charge < -0.3 is 109 Å². The second kappa shape index (κ2) is 17.6. The average molecular weight is 761 g/mol. The van der Waals surface area contributed by atoms with Crippen LogP contribution in [0.5, 0.6) is 0 Å². The van der Waals surface area contributed by atoms with Crippen LogP contribution in [-0.2, 0) is 42.2 Å². The van der Waals surface area contributed by atoms with Crippen LogP contribution < -0.4 is 0 Å². The lowest BCUT2D eigenvalue weighted by atomic mass is 9.95. The highest BCUT2D eigenvalue weighted by Gasteiger charge is 2.55. The Morgan fingerprint density at radius 1 is 0.620 bits per heavy atom. The van der Waals surface area contributed by atoms with Crippen molar-refractivity contribution in [2.75, 3.05) is 33.0 Å². The lowest BCUT2D eigenvalue weighted by molar-refractivity contribution is -0.377. The van der Waals surface area contributed by atoms with Crippen LogP contribution in [0.2, 0.25) is 0 Å². The summed E-state index contributed by atoms with van der Waals surface area (Å²) >= 11 is 0. The van der Waals surface area contributed by atoms with Crippen LogP contribution in [0.1, 0.15) is 0 Å². The third kappa shape index (κ3) is 9.33. The van der Waals surface area contributed by atoms with E-state index < -0.39 is 163 Å². The van der Waals surface area contributed by atoms with Crippen molar-refractivity contribution in [1.82, 2.24) is 0 Å². The Hall–Kier alpha value is -0.690.